The summed E-state index contributed by atoms with van der Waals surface area (Å²) in [6, 6.07) is 0. The third-order valence-corrected chi connectivity index (χ3v) is 4.28. The van der Waals surface area contributed by atoms with E-state index in [0.717, 1.165) is 5.75 Å². The van der Waals surface area contributed by atoms with E-state index in [0.29, 0.717) is 32.5 Å². The highest BCUT2D eigenvalue weighted by Gasteiger charge is 2.29. The Morgan fingerprint density at radius 2 is 2.00 bits per heavy atom. The first-order valence-corrected chi connectivity index (χ1v) is 8.72. The predicted molar refractivity (Wildman–Crippen MR) is 88.3 cm³/mol. The summed E-state index contributed by atoms with van der Waals surface area (Å²) < 4.78 is 9.84. The lowest BCUT2D eigenvalue weighted by molar-refractivity contribution is -0.141. The number of rotatable bonds is 5. The minimum absolute atomic E-state index is 0.00908. The van der Waals surface area contributed by atoms with Gasteiger partial charge >= 0.3 is 12.1 Å². The molecule has 1 rings (SSSR count). The van der Waals surface area contributed by atoms with Gasteiger partial charge in [-0.3, -0.25) is 9.59 Å². The summed E-state index contributed by atoms with van der Waals surface area (Å²) in [6.07, 6.45) is 0.379. The maximum Gasteiger partial charge on any atom is 0.407 e. The van der Waals surface area contributed by atoms with Crippen LogP contribution in [-0.2, 0) is 19.1 Å². The number of thioether (sulfide) groups is 1. The molecule has 2 amide bonds. The summed E-state index contributed by atoms with van der Waals surface area (Å²) in [4.78, 5) is 36.8. The molecule has 8 heteroatoms. The van der Waals surface area contributed by atoms with Crippen molar-refractivity contribution < 1.29 is 23.9 Å². The average molecular weight is 346 g/mol. The third kappa shape index (κ3) is 7.58. The molecule has 0 bridgehead atoms. The van der Waals surface area contributed by atoms with E-state index in [1.54, 1.807) is 25.7 Å². The summed E-state index contributed by atoms with van der Waals surface area (Å²) in [5.74, 6) is 0.422. The average Bonchev–Trinajstić information content (AvgIpc) is 2.49. The zero-order valence-corrected chi connectivity index (χ0v) is 15.0. The standard InChI is InChI=1S/C15H26N2O5S/c1-15(2,3)22-14(20)16-7-5-6-12(18)17-8-9-23-11(10-17)13(19)21-4/h11H,5-10H2,1-4H3,(H,16,20)/t11-/m0/s1. The molecular weight excluding hydrogens is 320 g/mol. The van der Waals surface area contributed by atoms with Crippen molar-refractivity contribution in [2.45, 2.75) is 44.5 Å². The third-order valence-electron chi connectivity index (χ3n) is 3.12. The lowest BCUT2D eigenvalue weighted by Gasteiger charge is -2.31. The van der Waals surface area contributed by atoms with Crippen molar-refractivity contribution >= 4 is 29.7 Å². The Balaban J connectivity index is 2.26. The minimum Gasteiger partial charge on any atom is -0.468 e. The molecule has 132 valence electrons. The largest absolute Gasteiger partial charge is 0.468 e. The summed E-state index contributed by atoms with van der Waals surface area (Å²) in [6.45, 7) is 6.78. The minimum atomic E-state index is -0.533. The van der Waals surface area contributed by atoms with Crippen LogP contribution in [0.1, 0.15) is 33.6 Å². The first kappa shape index (κ1) is 19.6. The Bertz CT molecular complexity index is 436. The Morgan fingerprint density at radius 1 is 1.30 bits per heavy atom. The smallest absolute Gasteiger partial charge is 0.407 e. The molecule has 1 fully saturated rings. The SMILES string of the molecule is COC(=O)[C@@H]1CN(C(=O)CCCNC(=O)OC(C)(C)C)CCS1. The van der Waals surface area contributed by atoms with Crippen LogP contribution in [0.5, 0.6) is 0 Å². The number of carbonyl (C=O) groups is 3. The van der Waals surface area contributed by atoms with E-state index in [1.165, 1.54) is 18.9 Å². The van der Waals surface area contributed by atoms with Gasteiger partial charge in [-0.1, -0.05) is 0 Å². The van der Waals surface area contributed by atoms with Crippen LogP contribution < -0.4 is 5.32 Å². The van der Waals surface area contributed by atoms with E-state index in [-0.39, 0.29) is 17.1 Å². The van der Waals surface area contributed by atoms with E-state index in [1.807, 2.05) is 0 Å². The number of nitrogens with zero attached hydrogens (tertiary/aromatic N) is 1. The van der Waals surface area contributed by atoms with Crippen molar-refractivity contribution in [2.75, 3.05) is 32.5 Å². The van der Waals surface area contributed by atoms with Gasteiger partial charge in [-0.2, -0.15) is 0 Å². The first-order valence-electron chi connectivity index (χ1n) is 7.67. The summed E-state index contributed by atoms with van der Waals surface area (Å²) in [7, 11) is 1.35. The predicted octanol–water partition coefficient (Wildman–Crippen LogP) is 1.41. The highest BCUT2D eigenvalue weighted by atomic mass is 32.2. The molecule has 1 saturated heterocycles. The second kappa shape index (κ2) is 9.00. The number of carbonyl (C=O) groups excluding carboxylic acids is 3. The zero-order valence-electron chi connectivity index (χ0n) is 14.2. The Morgan fingerprint density at radius 3 is 2.61 bits per heavy atom. The summed E-state index contributed by atoms with van der Waals surface area (Å²) in [5.41, 5.74) is -0.533. The van der Waals surface area contributed by atoms with Crippen LogP contribution in [0.25, 0.3) is 0 Å². The number of alkyl carbamates (subject to hydrolysis) is 1. The normalized spacial score (nSPS) is 18.3. The molecule has 0 aromatic rings. The Kier molecular flexibility index (Phi) is 7.67. The van der Waals surface area contributed by atoms with Crippen LogP contribution in [0.3, 0.4) is 0 Å². The van der Waals surface area contributed by atoms with Gasteiger partial charge in [0.2, 0.25) is 5.91 Å². The number of nitrogens with one attached hydrogen (secondary N) is 1. The molecule has 1 N–H and O–H groups in total. The van der Waals surface area contributed by atoms with Gasteiger partial charge in [-0.15, -0.1) is 11.8 Å². The van der Waals surface area contributed by atoms with E-state index < -0.39 is 11.7 Å². The zero-order chi connectivity index (χ0) is 17.5. The van der Waals surface area contributed by atoms with E-state index in [2.05, 4.69) is 5.32 Å². The van der Waals surface area contributed by atoms with Crippen molar-refractivity contribution in [3.05, 3.63) is 0 Å². The van der Waals surface area contributed by atoms with Gasteiger partial charge in [0.05, 0.1) is 7.11 Å². The number of amides is 2. The van der Waals surface area contributed by atoms with E-state index in [4.69, 9.17) is 9.47 Å². The van der Waals surface area contributed by atoms with Crippen LogP contribution in [0.4, 0.5) is 4.79 Å². The van der Waals surface area contributed by atoms with Gasteiger partial charge in [0, 0.05) is 31.8 Å². The highest BCUT2D eigenvalue weighted by molar-refractivity contribution is 8.00. The van der Waals surface area contributed by atoms with Gasteiger partial charge < -0.3 is 19.7 Å². The number of ether oxygens (including phenoxy) is 2. The number of hydrogen-bond acceptors (Lipinski definition) is 6. The topological polar surface area (TPSA) is 84.9 Å². The lowest BCUT2D eigenvalue weighted by atomic mass is 10.2. The summed E-state index contributed by atoms with van der Waals surface area (Å²) in [5, 5.41) is 2.32. The molecule has 0 aliphatic carbocycles. The first-order chi connectivity index (χ1) is 10.7. The van der Waals surface area contributed by atoms with E-state index >= 15 is 0 Å². The number of methoxy groups -OCH3 is 1. The fourth-order valence-electron chi connectivity index (χ4n) is 2.05. The molecule has 23 heavy (non-hydrogen) atoms. The second-order valence-corrected chi connectivity index (χ2v) is 7.57. The van der Waals surface area contributed by atoms with Crippen molar-refractivity contribution in [3.8, 4) is 0 Å². The molecule has 0 aromatic carbocycles. The van der Waals surface area contributed by atoms with Gasteiger partial charge in [0.1, 0.15) is 10.9 Å². The van der Waals surface area contributed by atoms with Crippen LogP contribution in [0, 0.1) is 0 Å². The lowest BCUT2D eigenvalue weighted by Crippen LogP contribution is -2.45. The quantitative estimate of drug-likeness (QED) is 0.598. The van der Waals surface area contributed by atoms with Crippen molar-refractivity contribution in [1.29, 1.82) is 0 Å². The summed E-state index contributed by atoms with van der Waals surface area (Å²) >= 11 is 1.51. The Labute approximate surface area is 141 Å². The van der Waals surface area contributed by atoms with Gasteiger partial charge in [-0.25, -0.2) is 4.79 Å². The molecule has 1 heterocycles. The molecule has 1 aliphatic heterocycles. The molecular formula is C15H26N2O5S. The van der Waals surface area contributed by atoms with Crippen molar-refractivity contribution in [3.63, 3.8) is 0 Å². The molecule has 7 nitrogen and oxygen atoms in total. The molecule has 0 saturated carbocycles. The maximum absolute atomic E-state index is 12.1. The second-order valence-electron chi connectivity index (χ2n) is 6.25. The van der Waals surface area contributed by atoms with Crippen LogP contribution in [0.15, 0.2) is 0 Å². The van der Waals surface area contributed by atoms with Crippen molar-refractivity contribution in [2.24, 2.45) is 0 Å². The molecule has 0 unspecified atom stereocenters. The molecule has 1 atom stereocenters. The number of esters is 1. The van der Waals surface area contributed by atoms with Gasteiger partial charge in [-0.05, 0) is 27.2 Å². The van der Waals surface area contributed by atoms with Gasteiger partial charge in [0.25, 0.3) is 0 Å². The van der Waals surface area contributed by atoms with Crippen LogP contribution in [0.2, 0.25) is 0 Å². The fraction of sp³-hybridized carbons (Fsp3) is 0.800. The molecule has 0 spiro atoms. The fourth-order valence-corrected chi connectivity index (χ4v) is 3.18. The van der Waals surface area contributed by atoms with Crippen LogP contribution >= 0.6 is 11.8 Å². The molecule has 0 aromatic heterocycles. The maximum atomic E-state index is 12.1. The Hall–Kier alpha value is -1.44. The van der Waals surface area contributed by atoms with Crippen molar-refractivity contribution in [1.82, 2.24) is 10.2 Å². The number of hydrogen-bond donors (Lipinski definition) is 1. The van der Waals surface area contributed by atoms with Gasteiger partial charge in [0.15, 0.2) is 0 Å². The molecule has 1 aliphatic rings. The van der Waals surface area contributed by atoms with E-state index in [9.17, 15) is 14.4 Å². The monoisotopic (exact) mass is 346 g/mol. The highest BCUT2D eigenvalue weighted by Crippen LogP contribution is 2.20. The molecule has 0 radical (unpaired) electrons. The van der Waals surface area contributed by atoms with Crippen LogP contribution in [-0.4, -0.2) is 66.2 Å².